The highest BCUT2D eigenvalue weighted by molar-refractivity contribution is 7.94. The van der Waals surface area contributed by atoms with E-state index in [0.717, 1.165) is 31.5 Å². The van der Waals surface area contributed by atoms with Crippen molar-refractivity contribution in [2.75, 3.05) is 26.2 Å². The molecular weight excluding hydrogens is 502 g/mol. The Kier molecular flexibility index (Phi) is 7.45. The summed E-state index contributed by atoms with van der Waals surface area (Å²) in [6.45, 7) is 3.09. The molecule has 0 aromatic heterocycles. The maximum absolute atomic E-state index is 13.7. The van der Waals surface area contributed by atoms with E-state index in [-0.39, 0.29) is 15.4 Å². The fourth-order valence-electron chi connectivity index (χ4n) is 5.41. The number of sulfonamides is 1. The van der Waals surface area contributed by atoms with Crippen LogP contribution in [0.4, 0.5) is 0 Å². The van der Waals surface area contributed by atoms with E-state index in [9.17, 15) is 16.8 Å². The van der Waals surface area contributed by atoms with E-state index in [1.165, 1.54) is 11.6 Å². The molecule has 8 N–H and O–H groups in total. The molecule has 3 saturated heterocycles. The largest absolute Gasteiger partial charge is 0.317 e. The summed E-state index contributed by atoms with van der Waals surface area (Å²) >= 11 is 0. The predicted molar refractivity (Wildman–Crippen MR) is 136 cm³/mol. The molecular formula is C23H33N7O4S2. The lowest BCUT2D eigenvalue weighted by Crippen LogP contribution is -2.37. The molecule has 2 aromatic carbocycles. The summed E-state index contributed by atoms with van der Waals surface area (Å²) < 4.78 is 53.3. The lowest BCUT2D eigenvalue weighted by Gasteiger charge is -2.26. The predicted octanol–water partition coefficient (Wildman–Crippen LogP) is 0.109. The normalized spacial score (nSPS) is 21.1. The van der Waals surface area contributed by atoms with Gasteiger partial charge in [0.2, 0.25) is 10.0 Å². The monoisotopic (exact) mass is 535 g/mol. The number of piperidine rings is 2. The van der Waals surface area contributed by atoms with Crippen LogP contribution in [-0.2, 0) is 19.9 Å². The van der Waals surface area contributed by atoms with Gasteiger partial charge in [-0.25, -0.2) is 32.8 Å². The van der Waals surface area contributed by atoms with Crippen molar-refractivity contribution in [3.63, 3.8) is 0 Å². The number of hydrazine groups is 3. The number of nitrogens with one attached hydrogen (secondary N) is 6. The van der Waals surface area contributed by atoms with Gasteiger partial charge in [0.25, 0.3) is 0 Å². The standard InChI is InChI=1S/C23H33N7O4S2/c24-36(33,34)22-20(35(31,32)18-9-13-26-14-10-18)6-5-19(21(22)23-27-29-30-28-23)17-3-1-15(2-4-17)16-7-11-25-12-8-16/h1-6,16,18,23,25-30H,7-14H2,(H2,24,33,34). The zero-order valence-corrected chi connectivity index (χ0v) is 21.5. The number of hydrogen-bond acceptors (Lipinski definition) is 10. The van der Waals surface area contributed by atoms with Crippen LogP contribution in [0.5, 0.6) is 0 Å². The Bertz CT molecular complexity index is 1300. The number of benzene rings is 2. The third-order valence-electron chi connectivity index (χ3n) is 7.29. The SMILES string of the molecule is NS(=O)(=O)c1c(S(=O)(=O)C2CCNCC2)ccc(-c2ccc(C3CCNCC3)cc2)c1C1NNNN1. The maximum atomic E-state index is 13.7. The minimum absolute atomic E-state index is 0.250. The molecule has 0 unspecified atom stereocenters. The Labute approximate surface area is 211 Å². The topological polar surface area (TPSA) is 166 Å². The van der Waals surface area contributed by atoms with E-state index in [1.807, 2.05) is 12.1 Å². The second kappa shape index (κ2) is 10.4. The molecule has 3 heterocycles. The highest BCUT2D eigenvalue weighted by Gasteiger charge is 2.37. The van der Waals surface area contributed by atoms with Crippen molar-refractivity contribution in [3.8, 4) is 11.1 Å². The summed E-state index contributed by atoms with van der Waals surface area (Å²) in [5.74, 6) is 0.476. The second-order valence-electron chi connectivity index (χ2n) is 9.51. The van der Waals surface area contributed by atoms with E-state index in [1.54, 1.807) is 6.07 Å². The van der Waals surface area contributed by atoms with Crippen molar-refractivity contribution in [1.82, 2.24) is 32.6 Å². The van der Waals surface area contributed by atoms with Gasteiger partial charge >= 0.3 is 0 Å². The average Bonchev–Trinajstić information content (AvgIpc) is 3.43. The van der Waals surface area contributed by atoms with Crippen molar-refractivity contribution in [3.05, 3.63) is 47.5 Å². The van der Waals surface area contributed by atoms with Crippen LogP contribution >= 0.6 is 0 Å². The van der Waals surface area contributed by atoms with E-state index < -0.39 is 31.3 Å². The van der Waals surface area contributed by atoms with Crippen LogP contribution in [0.2, 0.25) is 0 Å². The van der Waals surface area contributed by atoms with E-state index in [0.29, 0.717) is 37.4 Å². The summed E-state index contributed by atoms with van der Waals surface area (Å²) in [6.07, 6.45) is 2.20. The van der Waals surface area contributed by atoms with Gasteiger partial charge in [-0.2, -0.15) is 11.1 Å². The number of rotatable bonds is 6. The Hall–Kier alpha value is -1.94. The van der Waals surface area contributed by atoms with Gasteiger partial charge in [0, 0.05) is 5.56 Å². The van der Waals surface area contributed by atoms with E-state index in [4.69, 9.17) is 5.14 Å². The Balaban J connectivity index is 1.65. The first-order chi connectivity index (χ1) is 17.3. The van der Waals surface area contributed by atoms with Crippen molar-refractivity contribution >= 4 is 19.9 Å². The fraction of sp³-hybridized carbons (Fsp3) is 0.478. The Morgan fingerprint density at radius 1 is 0.750 bits per heavy atom. The molecule has 0 amide bonds. The molecule has 5 rings (SSSR count). The lowest BCUT2D eigenvalue weighted by molar-refractivity contribution is 0.460. The summed E-state index contributed by atoms with van der Waals surface area (Å²) in [7, 11) is -8.37. The van der Waals surface area contributed by atoms with Crippen LogP contribution in [-0.4, -0.2) is 48.3 Å². The van der Waals surface area contributed by atoms with Gasteiger partial charge in [-0.3, -0.25) is 0 Å². The Morgan fingerprint density at radius 3 is 1.92 bits per heavy atom. The molecule has 3 fully saturated rings. The first-order valence-corrected chi connectivity index (χ1v) is 15.3. The molecule has 0 bridgehead atoms. The number of nitrogens with two attached hydrogens (primary N) is 1. The highest BCUT2D eigenvalue weighted by atomic mass is 32.2. The fourth-order valence-corrected chi connectivity index (χ4v) is 8.83. The first kappa shape index (κ1) is 25.7. The zero-order chi connectivity index (χ0) is 25.3. The van der Waals surface area contributed by atoms with Crippen molar-refractivity contribution in [2.24, 2.45) is 5.14 Å². The van der Waals surface area contributed by atoms with Crippen LogP contribution in [0.15, 0.2) is 46.2 Å². The summed E-state index contributed by atoms with van der Waals surface area (Å²) in [5, 5.41) is 11.6. The smallest absolute Gasteiger partial charge is 0.239 e. The molecule has 13 heteroatoms. The Morgan fingerprint density at radius 2 is 1.33 bits per heavy atom. The van der Waals surface area contributed by atoms with E-state index >= 15 is 0 Å². The van der Waals surface area contributed by atoms with Gasteiger partial charge < -0.3 is 10.6 Å². The molecule has 0 atom stereocenters. The van der Waals surface area contributed by atoms with Crippen LogP contribution in [0.25, 0.3) is 11.1 Å². The summed E-state index contributed by atoms with van der Waals surface area (Å²) in [5.41, 5.74) is 14.0. The van der Waals surface area contributed by atoms with Crippen molar-refractivity contribution in [2.45, 2.75) is 52.8 Å². The zero-order valence-electron chi connectivity index (χ0n) is 19.9. The number of primary sulfonamides is 1. The van der Waals surface area contributed by atoms with Gasteiger partial charge in [0.15, 0.2) is 9.84 Å². The third kappa shape index (κ3) is 5.08. The highest BCUT2D eigenvalue weighted by Crippen LogP contribution is 2.39. The molecule has 11 nitrogen and oxygen atoms in total. The van der Waals surface area contributed by atoms with E-state index in [2.05, 4.69) is 44.7 Å². The molecule has 0 saturated carbocycles. The maximum Gasteiger partial charge on any atom is 0.239 e. The van der Waals surface area contributed by atoms with Crippen LogP contribution in [0, 0.1) is 0 Å². The quantitative estimate of drug-likeness (QED) is 0.270. The molecule has 3 aliphatic heterocycles. The van der Waals surface area contributed by atoms with Gasteiger partial charge in [0.05, 0.1) is 10.1 Å². The lowest BCUT2D eigenvalue weighted by atomic mass is 9.88. The van der Waals surface area contributed by atoms with Crippen LogP contribution in [0.1, 0.15) is 48.9 Å². The van der Waals surface area contributed by atoms with Gasteiger partial charge in [0.1, 0.15) is 11.1 Å². The van der Waals surface area contributed by atoms with Crippen LogP contribution < -0.4 is 37.7 Å². The van der Waals surface area contributed by atoms with Crippen molar-refractivity contribution < 1.29 is 16.8 Å². The van der Waals surface area contributed by atoms with Crippen LogP contribution in [0.3, 0.4) is 0 Å². The van der Waals surface area contributed by atoms with Gasteiger partial charge in [-0.1, -0.05) is 30.3 Å². The molecule has 3 aliphatic rings. The molecule has 196 valence electrons. The molecule has 36 heavy (non-hydrogen) atoms. The summed E-state index contributed by atoms with van der Waals surface area (Å²) in [4.78, 5) is -0.631. The number of hydrogen-bond donors (Lipinski definition) is 7. The average molecular weight is 536 g/mol. The molecule has 0 spiro atoms. The number of sulfone groups is 1. The summed E-state index contributed by atoms with van der Waals surface area (Å²) in [6, 6.07) is 11.1. The molecule has 0 aliphatic carbocycles. The minimum Gasteiger partial charge on any atom is -0.317 e. The molecule has 0 radical (unpaired) electrons. The molecule has 2 aromatic rings. The van der Waals surface area contributed by atoms with Crippen molar-refractivity contribution in [1.29, 1.82) is 0 Å². The third-order valence-corrected chi connectivity index (χ3v) is 10.7. The first-order valence-electron chi connectivity index (χ1n) is 12.2. The van der Waals surface area contributed by atoms with Gasteiger partial charge in [-0.15, -0.1) is 0 Å². The van der Waals surface area contributed by atoms with Gasteiger partial charge in [-0.05, 0) is 80.5 Å². The minimum atomic E-state index is -4.42. The second-order valence-corrected chi connectivity index (χ2v) is 13.2.